The second-order valence-electron chi connectivity index (χ2n) is 5.54. The van der Waals surface area contributed by atoms with E-state index in [9.17, 15) is 18.4 Å². The van der Waals surface area contributed by atoms with Gasteiger partial charge in [0.05, 0.1) is 13.1 Å². The summed E-state index contributed by atoms with van der Waals surface area (Å²) in [5.41, 5.74) is 0.252. The molecular weight excluding hydrogens is 292 g/mol. The Kier molecular flexibility index (Phi) is 4.95. The van der Waals surface area contributed by atoms with Gasteiger partial charge in [0.2, 0.25) is 5.91 Å². The Morgan fingerprint density at radius 3 is 2.50 bits per heavy atom. The topological polar surface area (TPSA) is 52.7 Å². The van der Waals surface area contributed by atoms with Gasteiger partial charge in [-0.05, 0) is 18.9 Å². The fourth-order valence-electron chi connectivity index (χ4n) is 2.00. The molecular formula is C15H19F2N3O2. The number of benzene rings is 1. The quantitative estimate of drug-likeness (QED) is 0.900. The molecule has 1 aliphatic carbocycles. The normalized spacial score (nSPS) is 13.6. The van der Waals surface area contributed by atoms with Crippen LogP contribution in [0.1, 0.15) is 18.4 Å². The van der Waals surface area contributed by atoms with Gasteiger partial charge in [0.1, 0.15) is 11.6 Å². The fraction of sp³-hybridized carbons (Fsp3) is 0.467. The van der Waals surface area contributed by atoms with Crippen LogP contribution in [0.25, 0.3) is 0 Å². The predicted octanol–water partition coefficient (Wildman–Crippen LogP) is 1.73. The van der Waals surface area contributed by atoms with Crippen molar-refractivity contribution in [2.75, 3.05) is 20.6 Å². The van der Waals surface area contributed by atoms with Crippen LogP contribution in [0.3, 0.4) is 0 Å². The zero-order chi connectivity index (χ0) is 16.3. The number of halogens is 2. The molecule has 0 heterocycles. The van der Waals surface area contributed by atoms with Gasteiger partial charge in [-0.3, -0.25) is 4.79 Å². The SMILES string of the molecule is CN(C)C(=O)CNC(=O)N(Cc1ccc(F)cc1F)C1CC1. The number of nitrogens with one attached hydrogen (secondary N) is 1. The third-order valence-electron chi connectivity index (χ3n) is 3.49. The van der Waals surface area contributed by atoms with Crippen molar-refractivity contribution < 1.29 is 18.4 Å². The minimum atomic E-state index is -0.678. The Balaban J connectivity index is 2.00. The molecule has 1 aliphatic rings. The highest BCUT2D eigenvalue weighted by Gasteiger charge is 2.33. The Hall–Kier alpha value is -2.18. The molecule has 7 heteroatoms. The molecule has 0 bridgehead atoms. The molecule has 1 saturated carbocycles. The van der Waals surface area contributed by atoms with Gasteiger partial charge >= 0.3 is 6.03 Å². The maximum absolute atomic E-state index is 13.7. The lowest BCUT2D eigenvalue weighted by Gasteiger charge is -2.23. The summed E-state index contributed by atoms with van der Waals surface area (Å²) in [6, 6.07) is 2.92. The molecule has 1 aromatic carbocycles. The molecule has 0 unspecified atom stereocenters. The number of likely N-dealkylation sites (N-methyl/N-ethyl adjacent to an activating group) is 1. The van der Waals surface area contributed by atoms with Crippen molar-refractivity contribution in [1.29, 1.82) is 0 Å². The van der Waals surface area contributed by atoms with Crippen LogP contribution in [-0.2, 0) is 11.3 Å². The van der Waals surface area contributed by atoms with E-state index in [1.54, 1.807) is 14.1 Å². The van der Waals surface area contributed by atoms with Crippen LogP contribution in [0.5, 0.6) is 0 Å². The van der Waals surface area contributed by atoms with E-state index in [0.29, 0.717) is 0 Å². The van der Waals surface area contributed by atoms with Crippen molar-refractivity contribution in [2.45, 2.75) is 25.4 Å². The first-order valence-electron chi connectivity index (χ1n) is 7.07. The molecule has 3 amide bonds. The van der Waals surface area contributed by atoms with Crippen molar-refractivity contribution in [3.8, 4) is 0 Å². The minimum absolute atomic E-state index is 0.0407. The number of carbonyl (C=O) groups is 2. The average molecular weight is 311 g/mol. The Labute approximate surface area is 127 Å². The van der Waals surface area contributed by atoms with E-state index >= 15 is 0 Å². The summed E-state index contributed by atoms with van der Waals surface area (Å²) in [4.78, 5) is 26.5. The van der Waals surface area contributed by atoms with Crippen molar-refractivity contribution in [3.63, 3.8) is 0 Å². The summed E-state index contributed by atoms with van der Waals surface area (Å²) in [5.74, 6) is -1.56. The molecule has 0 aromatic heterocycles. The number of carbonyl (C=O) groups excluding carboxylic acids is 2. The first kappa shape index (κ1) is 16.2. The number of hydrogen-bond donors (Lipinski definition) is 1. The minimum Gasteiger partial charge on any atom is -0.347 e. The van der Waals surface area contributed by atoms with Crippen molar-refractivity contribution in [1.82, 2.24) is 15.1 Å². The lowest BCUT2D eigenvalue weighted by molar-refractivity contribution is -0.127. The van der Waals surface area contributed by atoms with E-state index in [1.807, 2.05) is 0 Å². The second kappa shape index (κ2) is 6.72. The lowest BCUT2D eigenvalue weighted by atomic mass is 10.2. The van der Waals surface area contributed by atoms with Gasteiger partial charge < -0.3 is 15.1 Å². The van der Waals surface area contributed by atoms with E-state index in [1.165, 1.54) is 15.9 Å². The summed E-state index contributed by atoms with van der Waals surface area (Å²) in [7, 11) is 3.20. The van der Waals surface area contributed by atoms with Crippen LogP contribution in [0.4, 0.5) is 13.6 Å². The van der Waals surface area contributed by atoms with Gasteiger partial charge in [-0.1, -0.05) is 6.07 Å². The summed E-state index contributed by atoms with van der Waals surface area (Å²) in [6.45, 7) is -0.0558. The predicted molar refractivity (Wildman–Crippen MR) is 77.0 cm³/mol. The number of urea groups is 1. The van der Waals surface area contributed by atoms with E-state index in [2.05, 4.69) is 5.32 Å². The summed E-state index contributed by atoms with van der Waals surface area (Å²) in [5, 5.41) is 2.54. The number of nitrogens with zero attached hydrogens (tertiary/aromatic N) is 2. The van der Waals surface area contributed by atoms with Crippen molar-refractivity contribution >= 4 is 11.9 Å². The van der Waals surface area contributed by atoms with Crippen LogP contribution < -0.4 is 5.32 Å². The van der Waals surface area contributed by atoms with Crippen LogP contribution in [0, 0.1) is 11.6 Å². The fourth-order valence-corrected chi connectivity index (χ4v) is 2.00. The first-order chi connectivity index (χ1) is 10.4. The van der Waals surface area contributed by atoms with Gasteiger partial charge in [0.25, 0.3) is 0 Å². The number of rotatable bonds is 5. The standard InChI is InChI=1S/C15H19F2N3O2/c1-19(2)14(21)8-18-15(22)20(12-5-6-12)9-10-3-4-11(16)7-13(10)17/h3-4,7,12H,5-6,8-9H2,1-2H3,(H,18,22). The Morgan fingerprint density at radius 2 is 1.95 bits per heavy atom. The summed E-state index contributed by atoms with van der Waals surface area (Å²) in [6.07, 6.45) is 1.69. The van der Waals surface area contributed by atoms with Gasteiger partial charge in [-0.25, -0.2) is 13.6 Å². The van der Waals surface area contributed by atoms with Crippen LogP contribution >= 0.6 is 0 Å². The largest absolute Gasteiger partial charge is 0.347 e. The summed E-state index contributed by atoms with van der Waals surface area (Å²) >= 11 is 0. The zero-order valence-corrected chi connectivity index (χ0v) is 12.6. The summed E-state index contributed by atoms with van der Waals surface area (Å²) < 4.78 is 26.6. The molecule has 5 nitrogen and oxygen atoms in total. The van der Waals surface area contributed by atoms with Crippen molar-refractivity contribution in [2.24, 2.45) is 0 Å². The van der Waals surface area contributed by atoms with Gasteiger partial charge in [0.15, 0.2) is 0 Å². The molecule has 0 aliphatic heterocycles. The van der Waals surface area contributed by atoms with Gasteiger partial charge in [-0.15, -0.1) is 0 Å². The number of amides is 3. The molecule has 120 valence electrons. The Morgan fingerprint density at radius 1 is 1.27 bits per heavy atom. The van der Waals surface area contributed by atoms with Crippen molar-refractivity contribution in [3.05, 3.63) is 35.4 Å². The van der Waals surface area contributed by atoms with Crippen LogP contribution in [0.2, 0.25) is 0 Å². The molecule has 1 N–H and O–H groups in total. The van der Waals surface area contributed by atoms with Gasteiger partial charge in [0, 0.05) is 31.8 Å². The van der Waals surface area contributed by atoms with E-state index in [0.717, 1.165) is 25.0 Å². The molecule has 2 rings (SSSR count). The second-order valence-corrected chi connectivity index (χ2v) is 5.54. The van der Waals surface area contributed by atoms with E-state index < -0.39 is 17.7 Å². The highest BCUT2D eigenvalue weighted by atomic mass is 19.1. The smallest absolute Gasteiger partial charge is 0.318 e. The molecule has 1 fully saturated rings. The molecule has 0 spiro atoms. The average Bonchev–Trinajstić information content (AvgIpc) is 3.28. The van der Waals surface area contributed by atoms with E-state index in [-0.39, 0.29) is 30.6 Å². The molecule has 0 saturated heterocycles. The van der Waals surface area contributed by atoms with E-state index in [4.69, 9.17) is 0 Å². The zero-order valence-electron chi connectivity index (χ0n) is 12.6. The highest BCUT2D eigenvalue weighted by Crippen LogP contribution is 2.28. The molecule has 0 radical (unpaired) electrons. The maximum Gasteiger partial charge on any atom is 0.318 e. The third-order valence-corrected chi connectivity index (χ3v) is 3.49. The van der Waals surface area contributed by atoms with Gasteiger partial charge in [-0.2, -0.15) is 0 Å². The van der Waals surface area contributed by atoms with Crippen LogP contribution in [0.15, 0.2) is 18.2 Å². The third kappa shape index (κ3) is 4.16. The highest BCUT2D eigenvalue weighted by molar-refractivity contribution is 5.84. The molecule has 0 atom stereocenters. The monoisotopic (exact) mass is 311 g/mol. The lowest BCUT2D eigenvalue weighted by Crippen LogP contribution is -2.44. The Bertz CT molecular complexity index is 574. The number of hydrogen-bond acceptors (Lipinski definition) is 2. The molecule has 22 heavy (non-hydrogen) atoms. The van der Waals surface area contributed by atoms with Crippen LogP contribution in [-0.4, -0.2) is 48.4 Å². The maximum atomic E-state index is 13.7. The first-order valence-corrected chi connectivity index (χ1v) is 7.07. The molecule has 1 aromatic rings.